The van der Waals surface area contributed by atoms with Crippen LogP contribution in [0.4, 0.5) is 4.79 Å². The number of benzene rings is 2. The van der Waals surface area contributed by atoms with E-state index in [1.807, 2.05) is 24.3 Å². The quantitative estimate of drug-likeness (QED) is 0.430. The number of urea groups is 1. The Balaban J connectivity index is 1.33. The van der Waals surface area contributed by atoms with Gasteiger partial charge in [0.15, 0.2) is 0 Å². The van der Waals surface area contributed by atoms with E-state index in [0.29, 0.717) is 35.3 Å². The normalized spacial score (nSPS) is 18.4. The van der Waals surface area contributed by atoms with Gasteiger partial charge >= 0.3 is 6.03 Å². The molecule has 3 aliphatic rings. The minimum absolute atomic E-state index is 0.0297. The number of pyridine rings is 1. The number of halogens is 1. The Labute approximate surface area is 214 Å². The lowest BCUT2D eigenvalue weighted by Gasteiger charge is -2.32. The number of carbonyl (C=O) groups excluding carboxylic acids is 2. The van der Waals surface area contributed by atoms with Crippen LogP contribution in [0.1, 0.15) is 45.6 Å². The van der Waals surface area contributed by atoms with Crippen LogP contribution in [0.15, 0.2) is 71.3 Å². The molecule has 0 radical (unpaired) electrons. The van der Waals surface area contributed by atoms with Crippen molar-refractivity contribution in [2.45, 2.75) is 30.6 Å². The van der Waals surface area contributed by atoms with E-state index in [1.54, 1.807) is 18.3 Å². The number of fused-ring (bicyclic) bond motifs is 3. The van der Waals surface area contributed by atoms with Gasteiger partial charge in [0, 0.05) is 29.9 Å². The molecular formula is C27H22ClN3O4S. The van der Waals surface area contributed by atoms with Crippen molar-refractivity contribution in [1.29, 1.82) is 0 Å². The maximum atomic E-state index is 13.3. The Kier molecular flexibility index (Phi) is 5.46. The van der Waals surface area contributed by atoms with Crippen molar-refractivity contribution in [3.8, 4) is 0 Å². The first kappa shape index (κ1) is 22.9. The van der Waals surface area contributed by atoms with Gasteiger partial charge in [0.1, 0.15) is 4.90 Å². The third kappa shape index (κ3) is 3.55. The highest BCUT2D eigenvalue weighted by Crippen LogP contribution is 2.39. The second kappa shape index (κ2) is 8.57. The molecule has 0 bridgehead atoms. The molecule has 0 unspecified atom stereocenters. The third-order valence-corrected chi connectivity index (χ3v) is 9.06. The summed E-state index contributed by atoms with van der Waals surface area (Å²) in [6.45, 7) is 0.608. The number of rotatable bonds is 0. The Hall–Kier alpha value is -3.49. The molecule has 1 saturated heterocycles. The van der Waals surface area contributed by atoms with E-state index in [9.17, 15) is 18.0 Å². The number of hydrogen-bond donors (Lipinski definition) is 0. The standard InChI is InChI=1S/C27H22ClN3O4S/c28-20-9-10-21-19(16-20)8-7-18-4-3-13-29-25(18)24(21)17-11-14-30(15-12-17)27(33)31-26(32)22-5-1-2-6-23(22)36(31,34)35/h1-6,9-10,13,16H,7-8,11-12,14-15H2. The number of piperidine rings is 1. The van der Waals surface area contributed by atoms with Crippen molar-refractivity contribution in [2.24, 2.45) is 0 Å². The van der Waals surface area contributed by atoms with Crippen LogP contribution in [0, 0.1) is 0 Å². The second-order valence-electron chi connectivity index (χ2n) is 9.13. The molecule has 7 nitrogen and oxygen atoms in total. The highest BCUT2D eigenvalue weighted by molar-refractivity contribution is 7.90. The summed E-state index contributed by atoms with van der Waals surface area (Å²) in [4.78, 5) is 32.1. The van der Waals surface area contributed by atoms with E-state index >= 15 is 0 Å². The zero-order valence-electron chi connectivity index (χ0n) is 19.3. The Bertz CT molecular complexity index is 1570. The highest BCUT2D eigenvalue weighted by Gasteiger charge is 2.47. The lowest BCUT2D eigenvalue weighted by Crippen LogP contribution is -2.48. The molecule has 2 aromatic carbocycles. The zero-order chi connectivity index (χ0) is 25.0. The summed E-state index contributed by atoms with van der Waals surface area (Å²) in [6.07, 6.45) is 4.60. The summed E-state index contributed by atoms with van der Waals surface area (Å²) in [6, 6.07) is 15.1. The summed E-state index contributed by atoms with van der Waals surface area (Å²) in [5.41, 5.74) is 6.62. The smallest absolute Gasteiger partial charge is 0.323 e. The molecule has 0 spiro atoms. The monoisotopic (exact) mass is 519 g/mol. The number of sulfonamides is 1. The van der Waals surface area contributed by atoms with Crippen molar-refractivity contribution in [2.75, 3.05) is 13.1 Å². The van der Waals surface area contributed by atoms with Crippen molar-refractivity contribution in [1.82, 2.24) is 14.2 Å². The van der Waals surface area contributed by atoms with Gasteiger partial charge in [0.05, 0.1) is 11.3 Å². The number of nitrogens with zero attached hydrogens (tertiary/aromatic N) is 3. The van der Waals surface area contributed by atoms with E-state index in [1.165, 1.54) is 17.0 Å². The SMILES string of the molecule is O=C1c2ccccc2S(=O)(=O)N1C(=O)N1CCC(=C2c3ccc(Cl)cc3CCc3cccnc32)CC1. The number of carbonyl (C=O) groups is 2. The molecule has 0 atom stereocenters. The van der Waals surface area contributed by atoms with Crippen LogP contribution in [-0.4, -0.2) is 47.6 Å². The highest BCUT2D eigenvalue weighted by atomic mass is 35.5. The van der Waals surface area contributed by atoms with Gasteiger partial charge in [-0.05, 0) is 72.7 Å². The van der Waals surface area contributed by atoms with Gasteiger partial charge in [0.25, 0.3) is 15.9 Å². The maximum Gasteiger partial charge on any atom is 0.341 e. The molecule has 9 heteroatoms. The summed E-state index contributed by atoms with van der Waals surface area (Å²) >= 11 is 6.30. The first-order chi connectivity index (χ1) is 17.4. The van der Waals surface area contributed by atoms with Crippen LogP contribution >= 0.6 is 11.6 Å². The zero-order valence-corrected chi connectivity index (χ0v) is 20.8. The number of aromatic nitrogens is 1. The van der Waals surface area contributed by atoms with Gasteiger partial charge < -0.3 is 4.90 Å². The minimum atomic E-state index is -4.21. The lowest BCUT2D eigenvalue weighted by atomic mass is 9.88. The molecule has 3 amide bonds. The van der Waals surface area contributed by atoms with E-state index < -0.39 is 22.0 Å². The summed E-state index contributed by atoms with van der Waals surface area (Å²) in [7, 11) is -4.21. The summed E-state index contributed by atoms with van der Waals surface area (Å²) < 4.78 is 26.3. The molecule has 2 aliphatic heterocycles. The van der Waals surface area contributed by atoms with E-state index in [2.05, 4.69) is 6.07 Å². The molecular weight excluding hydrogens is 498 g/mol. The summed E-state index contributed by atoms with van der Waals surface area (Å²) in [5, 5.41) is 0.690. The molecule has 0 N–H and O–H groups in total. The van der Waals surface area contributed by atoms with Crippen molar-refractivity contribution in [3.63, 3.8) is 0 Å². The van der Waals surface area contributed by atoms with Gasteiger partial charge in [-0.1, -0.05) is 41.4 Å². The van der Waals surface area contributed by atoms with Crippen LogP contribution in [0.5, 0.6) is 0 Å². The fourth-order valence-electron chi connectivity index (χ4n) is 5.35. The van der Waals surface area contributed by atoms with Gasteiger partial charge in [-0.2, -0.15) is 0 Å². The van der Waals surface area contributed by atoms with Crippen molar-refractivity contribution in [3.05, 3.63) is 99.3 Å². The predicted octanol–water partition coefficient (Wildman–Crippen LogP) is 4.70. The number of aryl methyl sites for hydroxylation is 2. The molecule has 6 rings (SSSR count). The van der Waals surface area contributed by atoms with Crippen LogP contribution in [0.2, 0.25) is 5.02 Å². The predicted molar refractivity (Wildman–Crippen MR) is 135 cm³/mol. The van der Waals surface area contributed by atoms with Crippen LogP contribution in [-0.2, 0) is 22.9 Å². The maximum absolute atomic E-state index is 13.3. The molecule has 1 aliphatic carbocycles. The topological polar surface area (TPSA) is 87.7 Å². The molecule has 0 saturated carbocycles. The fourth-order valence-corrected chi connectivity index (χ4v) is 7.07. The first-order valence-electron chi connectivity index (χ1n) is 11.8. The Morgan fingerprint density at radius 3 is 2.42 bits per heavy atom. The first-order valence-corrected chi connectivity index (χ1v) is 13.6. The van der Waals surface area contributed by atoms with Crippen LogP contribution in [0.3, 0.4) is 0 Å². The number of likely N-dealkylation sites (tertiary alicyclic amines) is 1. The average molecular weight is 520 g/mol. The Morgan fingerprint density at radius 1 is 0.889 bits per heavy atom. The lowest BCUT2D eigenvalue weighted by molar-refractivity contribution is 0.0867. The number of imide groups is 1. The molecule has 1 aromatic heterocycles. The van der Waals surface area contributed by atoms with Crippen molar-refractivity contribution >= 4 is 39.1 Å². The molecule has 1 fully saturated rings. The minimum Gasteiger partial charge on any atom is -0.323 e. The second-order valence-corrected chi connectivity index (χ2v) is 11.3. The van der Waals surface area contributed by atoms with Crippen molar-refractivity contribution < 1.29 is 18.0 Å². The molecule has 3 heterocycles. The van der Waals surface area contributed by atoms with Crippen LogP contribution in [0.25, 0.3) is 5.57 Å². The summed E-state index contributed by atoms with van der Waals surface area (Å²) in [5.74, 6) is -0.799. The van der Waals surface area contributed by atoms with Gasteiger partial charge in [-0.3, -0.25) is 9.78 Å². The molecule has 3 aromatic rings. The number of hydrogen-bond acceptors (Lipinski definition) is 5. The van der Waals surface area contributed by atoms with Crippen LogP contribution < -0.4 is 0 Å². The molecule has 36 heavy (non-hydrogen) atoms. The molecule has 182 valence electrons. The third-order valence-electron chi connectivity index (χ3n) is 7.11. The fraction of sp³-hybridized carbons (Fsp3) is 0.222. The van der Waals surface area contributed by atoms with E-state index in [4.69, 9.17) is 16.6 Å². The van der Waals surface area contributed by atoms with Gasteiger partial charge in [-0.25, -0.2) is 13.2 Å². The van der Waals surface area contributed by atoms with Gasteiger partial charge in [-0.15, -0.1) is 4.31 Å². The van der Waals surface area contributed by atoms with E-state index in [0.717, 1.165) is 46.4 Å². The van der Waals surface area contributed by atoms with E-state index in [-0.39, 0.29) is 10.5 Å². The number of amides is 3. The Morgan fingerprint density at radius 2 is 1.64 bits per heavy atom. The average Bonchev–Trinajstić information content (AvgIpc) is 2.99. The van der Waals surface area contributed by atoms with Gasteiger partial charge in [0.2, 0.25) is 0 Å². The largest absolute Gasteiger partial charge is 0.341 e.